The van der Waals surface area contributed by atoms with Crippen LogP contribution in [-0.4, -0.2) is 4.57 Å². The topological polar surface area (TPSA) is 8.17 Å². The number of benzene rings is 11. The van der Waals surface area contributed by atoms with Gasteiger partial charge >= 0.3 is 0 Å². The first-order chi connectivity index (χ1) is 35.8. The Bertz CT molecular complexity index is 3900. The first kappa shape index (κ1) is 44.0. The number of anilines is 3. The van der Waals surface area contributed by atoms with Crippen LogP contribution in [0, 0.1) is 0 Å². The summed E-state index contributed by atoms with van der Waals surface area (Å²) in [7, 11) is 0. The molecule has 12 aromatic rings. The molecule has 1 aromatic heterocycles. The van der Waals surface area contributed by atoms with Crippen LogP contribution in [-0.2, 0) is 10.8 Å². The minimum absolute atomic E-state index is 0.0732. The fourth-order valence-electron chi connectivity index (χ4n) is 11.7. The average Bonchev–Trinajstić information content (AvgIpc) is 3.94. The van der Waals surface area contributed by atoms with E-state index in [0.29, 0.717) is 0 Å². The predicted octanol–water partition coefficient (Wildman–Crippen LogP) is 18.9. The Labute approximate surface area is 428 Å². The second kappa shape index (κ2) is 17.7. The minimum atomic E-state index is -0.472. The zero-order chi connectivity index (χ0) is 49.1. The lowest BCUT2D eigenvalue weighted by molar-refractivity contribution is 0.590. The number of nitrogens with zero attached hydrogens (tertiary/aromatic N) is 2. The van der Waals surface area contributed by atoms with Gasteiger partial charge in [-0.1, -0.05) is 227 Å². The first-order valence-electron chi connectivity index (χ1n) is 25.5. The summed E-state index contributed by atoms with van der Waals surface area (Å²) in [5.74, 6) is 0. The molecule has 0 unspecified atom stereocenters. The van der Waals surface area contributed by atoms with Gasteiger partial charge in [-0.15, -0.1) is 0 Å². The second-order valence-corrected chi connectivity index (χ2v) is 20.5. The van der Waals surface area contributed by atoms with Gasteiger partial charge in [0, 0.05) is 33.5 Å². The number of aromatic nitrogens is 1. The molecule has 73 heavy (non-hydrogen) atoms. The highest BCUT2D eigenvalue weighted by molar-refractivity contribution is 6.10. The van der Waals surface area contributed by atoms with Crippen LogP contribution in [0.4, 0.5) is 17.1 Å². The molecule has 13 rings (SSSR count). The van der Waals surface area contributed by atoms with Gasteiger partial charge in [0.05, 0.1) is 16.4 Å². The quantitative estimate of drug-likeness (QED) is 0.140. The minimum Gasteiger partial charge on any atom is -0.311 e. The first-order valence-corrected chi connectivity index (χ1v) is 25.5. The third kappa shape index (κ3) is 7.49. The van der Waals surface area contributed by atoms with Crippen molar-refractivity contribution in [2.24, 2.45) is 0 Å². The maximum atomic E-state index is 2.47. The highest BCUT2D eigenvalue weighted by atomic mass is 15.1. The van der Waals surface area contributed by atoms with Gasteiger partial charge in [0.1, 0.15) is 0 Å². The normalized spacial score (nSPS) is 12.7. The van der Waals surface area contributed by atoms with E-state index in [1.807, 2.05) is 0 Å². The van der Waals surface area contributed by atoms with E-state index in [9.17, 15) is 0 Å². The summed E-state index contributed by atoms with van der Waals surface area (Å²) in [6, 6.07) is 101. The highest BCUT2D eigenvalue weighted by Crippen LogP contribution is 2.56. The van der Waals surface area contributed by atoms with Gasteiger partial charge in [0.15, 0.2) is 0 Å². The molecule has 0 saturated carbocycles. The maximum Gasteiger partial charge on any atom is 0.0714 e. The number of hydrogen-bond donors (Lipinski definition) is 0. The smallest absolute Gasteiger partial charge is 0.0714 e. The monoisotopic (exact) mass is 934 g/mol. The molecule has 0 aliphatic heterocycles. The van der Waals surface area contributed by atoms with Crippen LogP contribution in [0.2, 0.25) is 0 Å². The Hall–Kier alpha value is -8.98. The van der Waals surface area contributed by atoms with Crippen molar-refractivity contribution in [3.05, 3.63) is 301 Å². The average molecular weight is 935 g/mol. The van der Waals surface area contributed by atoms with Crippen molar-refractivity contribution < 1.29 is 0 Å². The van der Waals surface area contributed by atoms with Crippen molar-refractivity contribution in [2.45, 2.75) is 31.6 Å². The van der Waals surface area contributed by atoms with Gasteiger partial charge in [0.25, 0.3) is 0 Å². The Balaban J connectivity index is 0.840. The molecule has 0 bridgehead atoms. The predicted molar refractivity (Wildman–Crippen MR) is 308 cm³/mol. The molecule has 0 spiro atoms. The van der Waals surface area contributed by atoms with Crippen molar-refractivity contribution in [3.8, 4) is 50.2 Å². The van der Waals surface area contributed by atoms with Gasteiger partial charge in [0.2, 0.25) is 0 Å². The summed E-state index contributed by atoms with van der Waals surface area (Å²) < 4.78 is 2.47. The number of rotatable bonds is 9. The fraction of sp³-hybridized carbons (Fsp3) is 0.0704. The van der Waals surface area contributed by atoms with Crippen LogP contribution < -0.4 is 4.90 Å². The van der Waals surface area contributed by atoms with Crippen molar-refractivity contribution in [3.63, 3.8) is 0 Å². The van der Waals surface area contributed by atoms with E-state index in [4.69, 9.17) is 0 Å². The Morgan fingerprint density at radius 3 is 1.36 bits per heavy atom. The van der Waals surface area contributed by atoms with Gasteiger partial charge in [-0.25, -0.2) is 0 Å². The summed E-state index contributed by atoms with van der Waals surface area (Å²) in [5.41, 5.74) is 22.7. The molecule has 0 amide bonds. The van der Waals surface area contributed by atoms with Crippen molar-refractivity contribution in [1.82, 2.24) is 4.57 Å². The van der Waals surface area contributed by atoms with Crippen LogP contribution in [0.1, 0.15) is 48.6 Å². The zero-order valence-electron chi connectivity index (χ0n) is 41.4. The van der Waals surface area contributed by atoms with Crippen LogP contribution in [0.15, 0.2) is 273 Å². The second-order valence-electron chi connectivity index (χ2n) is 20.5. The summed E-state index contributed by atoms with van der Waals surface area (Å²) >= 11 is 0. The summed E-state index contributed by atoms with van der Waals surface area (Å²) in [4.78, 5) is 2.35. The van der Waals surface area contributed by atoms with E-state index in [2.05, 4.69) is 303 Å². The molecule has 1 heterocycles. The molecular formula is C71H54N2. The molecule has 0 N–H and O–H groups in total. The molecular weight excluding hydrogens is 881 g/mol. The standard InChI is InChI=1S/C71H54N2/c1-70(2,3)55-36-42-60(43-37-55)72(58-38-31-51(32-39-58)49-17-7-4-8-18-49)59-40-33-52(34-41-59)50-27-29-53(30-28-50)54-35-46-69-65(47-54)64-24-14-16-26-68(64)73(69)61-44-45-63-62-23-13-15-25-66(62)71(67(63)48-61,56-19-9-5-10-20-56)57-21-11-6-12-22-57/h4-48H,1-3H3. The van der Waals surface area contributed by atoms with E-state index in [0.717, 1.165) is 22.7 Å². The molecule has 0 radical (unpaired) electrons. The summed E-state index contributed by atoms with van der Waals surface area (Å²) in [5, 5.41) is 2.48. The van der Waals surface area contributed by atoms with E-state index in [1.54, 1.807) is 0 Å². The molecule has 11 aromatic carbocycles. The Kier molecular flexibility index (Phi) is 10.7. The van der Waals surface area contributed by atoms with E-state index in [-0.39, 0.29) is 5.41 Å². The third-order valence-corrected chi connectivity index (χ3v) is 15.3. The third-order valence-electron chi connectivity index (χ3n) is 15.3. The largest absolute Gasteiger partial charge is 0.311 e. The number of fused-ring (bicyclic) bond motifs is 6. The number of hydrogen-bond acceptors (Lipinski definition) is 1. The van der Waals surface area contributed by atoms with Crippen molar-refractivity contribution in [1.29, 1.82) is 0 Å². The number of para-hydroxylation sites is 1. The zero-order valence-corrected chi connectivity index (χ0v) is 41.4. The van der Waals surface area contributed by atoms with Crippen molar-refractivity contribution in [2.75, 3.05) is 4.90 Å². The Morgan fingerprint density at radius 1 is 0.329 bits per heavy atom. The van der Waals surface area contributed by atoms with Crippen LogP contribution >= 0.6 is 0 Å². The van der Waals surface area contributed by atoms with E-state index in [1.165, 1.54) is 94.1 Å². The lowest BCUT2D eigenvalue weighted by Crippen LogP contribution is -2.28. The van der Waals surface area contributed by atoms with Crippen LogP contribution in [0.3, 0.4) is 0 Å². The van der Waals surface area contributed by atoms with Gasteiger partial charge < -0.3 is 9.47 Å². The van der Waals surface area contributed by atoms with Gasteiger partial charge in [-0.3, -0.25) is 0 Å². The SMILES string of the molecule is CC(C)(C)c1ccc(N(c2ccc(-c3ccccc3)cc2)c2ccc(-c3ccc(-c4ccc5c(c4)c4ccccc4n5-c4ccc5c(c4)C(c4ccccc4)(c4ccccc4)c4ccccc4-5)cc3)cc2)cc1. The molecule has 0 atom stereocenters. The molecule has 0 fully saturated rings. The van der Waals surface area contributed by atoms with Crippen LogP contribution in [0.25, 0.3) is 72.0 Å². The Morgan fingerprint density at radius 2 is 0.767 bits per heavy atom. The molecule has 1 aliphatic carbocycles. The van der Waals surface area contributed by atoms with E-state index < -0.39 is 5.41 Å². The van der Waals surface area contributed by atoms with Gasteiger partial charge in [-0.05, 0) is 144 Å². The molecule has 0 saturated heterocycles. The van der Waals surface area contributed by atoms with Gasteiger partial charge in [-0.2, -0.15) is 0 Å². The maximum absolute atomic E-state index is 2.47. The summed E-state index contributed by atoms with van der Waals surface area (Å²) in [6.45, 7) is 6.80. The summed E-state index contributed by atoms with van der Waals surface area (Å²) in [6.07, 6.45) is 0. The highest BCUT2D eigenvalue weighted by Gasteiger charge is 2.46. The molecule has 348 valence electrons. The van der Waals surface area contributed by atoms with E-state index >= 15 is 0 Å². The molecule has 2 heteroatoms. The molecule has 2 nitrogen and oxygen atoms in total. The van der Waals surface area contributed by atoms with Crippen molar-refractivity contribution >= 4 is 38.9 Å². The molecule has 1 aliphatic rings. The van der Waals surface area contributed by atoms with Crippen LogP contribution in [0.5, 0.6) is 0 Å². The fourth-order valence-corrected chi connectivity index (χ4v) is 11.7. The lowest BCUT2D eigenvalue weighted by atomic mass is 9.67. The lowest BCUT2D eigenvalue weighted by Gasteiger charge is -2.34.